The van der Waals surface area contributed by atoms with Crippen LogP contribution in [-0.2, 0) is 14.8 Å². The summed E-state index contributed by atoms with van der Waals surface area (Å²) in [5, 5.41) is 5.73. The van der Waals surface area contributed by atoms with E-state index in [9.17, 15) is 13.2 Å². The number of rotatable bonds is 7. The van der Waals surface area contributed by atoms with Gasteiger partial charge in [0.1, 0.15) is 0 Å². The molecule has 1 aliphatic carbocycles. The Balaban J connectivity index is 2.01. The third kappa shape index (κ3) is 4.17. The van der Waals surface area contributed by atoms with Gasteiger partial charge in [-0.05, 0) is 24.3 Å². The quantitative estimate of drug-likeness (QED) is 0.695. The van der Waals surface area contributed by atoms with Crippen LogP contribution in [0.25, 0.3) is 0 Å². The number of carbonyl (C=O) groups is 1. The molecule has 1 aromatic rings. The second-order valence-electron chi connectivity index (χ2n) is 7.51. The summed E-state index contributed by atoms with van der Waals surface area (Å²) >= 11 is 0. The Morgan fingerprint density at radius 2 is 1.93 bits per heavy atom. The predicted molar refractivity (Wildman–Crippen MR) is 106 cm³/mol. The molecule has 150 valence electrons. The van der Waals surface area contributed by atoms with Crippen LogP contribution < -0.4 is 10.6 Å². The fourth-order valence-electron chi connectivity index (χ4n) is 3.90. The molecule has 7 nitrogen and oxygen atoms in total. The second kappa shape index (κ2) is 8.00. The lowest BCUT2D eigenvalue weighted by Gasteiger charge is -2.56. The lowest BCUT2D eigenvalue weighted by Crippen LogP contribution is -2.68. The van der Waals surface area contributed by atoms with Crippen molar-refractivity contribution in [3.05, 3.63) is 36.9 Å². The van der Waals surface area contributed by atoms with Crippen molar-refractivity contribution in [3.8, 4) is 0 Å². The maximum atomic E-state index is 12.4. The number of anilines is 1. The van der Waals surface area contributed by atoms with Crippen LogP contribution in [0.4, 0.5) is 10.5 Å². The Bertz CT molecular complexity index is 790. The van der Waals surface area contributed by atoms with Crippen molar-refractivity contribution in [2.45, 2.75) is 37.8 Å². The van der Waals surface area contributed by atoms with Gasteiger partial charge in [0.15, 0.2) is 0 Å². The summed E-state index contributed by atoms with van der Waals surface area (Å²) in [6.07, 6.45) is 1.62. The molecule has 1 aliphatic rings. The SMILES string of the molecule is C=CCN(C)S(=O)(=O)c1ccc(NC(=O)N[C@@H]2[C@H](C)[C@H](OC)C2(C)C)cc1. The van der Waals surface area contributed by atoms with E-state index >= 15 is 0 Å². The number of nitrogens with one attached hydrogen (secondary N) is 2. The summed E-state index contributed by atoms with van der Waals surface area (Å²) in [4.78, 5) is 12.5. The van der Waals surface area contributed by atoms with Crippen molar-refractivity contribution in [1.82, 2.24) is 9.62 Å². The highest BCUT2D eigenvalue weighted by atomic mass is 32.2. The number of urea groups is 1. The average molecular weight is 396 g/mol. The Labute approximate surface area is 161 Å². The van der Waals surface area contributed by atoms with Crippen LogP contribution in [0.2, 0.25) is 0 Å². The van der Waals surface area contributed by atoms with Gasteiger partial charge in [-0.3, -0.25) is 0 Å². The van der Waals surface area contributed by atoms with Crippen LogP contribution >= 0.6 is 0 Å². The number of carbonyl (C=O) groups excluding carboxylic acids is 1. The third-order valence-electron chi connectivity index (χ3n) is 5.29. The lowest BCUT2D eigenvalue weighted by atomic mass is 9.58. The van der Waals surface area contributed by atoms with E-state index in [4.69, 9.17) is 4.74 Å². The van der Waals surface area contributed by atoms with Gasteiger partial charge >= 0.3 is 6.03 Å². The van der Waals surface area contributed by atoms with E-state index in [1.165, 1.54) is 29.6 Å². The molecule has 2 rings (SSSR count). The molecule has 0 saturated heterocycles. The zero-order valence-corrected chi connectivity index (χ0v) is 17.3. The van der Waals surface area contributed by atoms with Crippen LogP contribution in [0.3, 0.4) is 0 Å². The van der Waals surface area contributed by atoms with Gasteiger partial charge in [0.05, 0.1) is 11.0 Å². The van der Waals surface area contributed by atoms with E-state index < -0.39 is 10.0 Å². The molecule has 0 heterocycles. The normalized spacial score (nSPS) is 24.1. The molecule has 0 radical (unpaired) electrons. The molecule has 0 aromatic heterocycles. The molecule has 27 heavy (non-hydrogen) atoms. The molecule has 2 N–H and O–H groups in total. The number of likely N-dealkylation sites (N-methyl/N-ethyl adjacent to an activating group) is 1. The van der Waals surface area contributed by atoms with Gasteiger partial charge in [-0.15, -0.1) is 6.58 Å². The van der Waals surface area contributed by atoms with Crippen molar-refractivity contribution in [2.24, 2.45) is 11.3 Å². The molecule has 1 aromatic carbocycles. The minimum atomic E-state index is -3.57. The van der Waals surface area contributed by atoms with Gasteiger partial charge in [-0.2, -0.15) is 4.31 Å². The molecule has 0 aliphatic heterocycles. The summed E-state index contributed by atoms with van der Waals surface area (Å²) in [6, 6.07) is 5.76. The molecule has 0 unspecified atom stereocenters. The van der Waals surface area contributed by atoms with Crippen molar-refractivity contribution in [3.63, 3.8) is 0 Å². The summed E-state index contributed by atoms with van der Waals surface area (Å²) in [5.41, 5.74) is 0.366. The highest BCUT2D eigenvalue weighted by molar-refractivity contribution is 7.89. The number of amides is 2. The van der Waals surface area contributed by atoms with E-state index in [-0.39, 0.29) is 41.0 Å². The van der Waals surface area contributed by atoms with Crippen molar-refractivity contribution in [1.29, 1.82) is 0 Å². The number of benzene rings is 1. The Morgan fingerprint density at radius 1 is 1.33 bits per heavy atom. The van der Waals surface area contributed by atoms with Crippen LogP contribution in [0.1, 0.15) is 20.8 Å². The van der Waals surface area contributed by atoms with E-state index in [1.807, 2.05) is 6.92 Å². The van der Waals surface area contributed by atoms with Crippen LogP contribution in [0.5, 0.6) is 0 Å². The molecule has 8 heteroatoms. The first-order valence-corrected chi connectivity index (χ1v) is 10.3. The number of hydrogen-bond donors (Lipinski definition) is 2. The average Bonchev–Trinajstić information content (AvgIpc) is 2.60. The Hall–Kier alpha value is -1.90. The summed E-state index contributed by atoms with van der Waals surface area (Å²) in [5.74, 6) is 0.212. The molecular formula is C19H29N3O4S. The van der Waals surface area contributed by atoms with E-state index in [0.717, 1.165) is 0 Å². The van der Waals surface area contributed by atoms with Gasteiger partial charge in [-0.1, -0.05) is 26.8 Å². The molecular weight excluding hydrogens is 366 g/mol. The third-order valence-corrected chi connectivity index (χ3v) is 7.12. The van der Waals surface area contributed by atoms with Gasteiger partial charge in [0.2, 0.25) is 10.0 Å². The predicted octanol–water partition coefficient (Wildman–Crippen LogP) is 2.67. The first-order valence-electron chi connectivity index (χ1n) is 8.83. The zero-order chi connectivity index (χ0) is 20.4. The fraction of sp³-hybridized carbons (Fsp3) is 0.526. The first kappa shape index (κ1) is 21.4. The summed E-state index contributed by atoms with van der Waals surface area (Å²) in [7, 11) is -0.399. The van der Waals surface area contributed by atoms with Gasteiger partial charge < -0.3 is 15.4 Å². The molecule has 0 bridgehead atoms. The molecule has 2 amide bonds. The summed E-state index contributed by atoms with van der Waals surface area (Å²) in [6.45, 7) is 9.94. The second-order valence-corrected chi connectivity index (χ2v) is 9.56. The Kier molecular flexibility index (Phi) is 6.34. The lowest BCUT2D eigenvalue weighted by molar-refractivity contribution is -0.140. The minimum Gasteiger partial charge on any atom is -0.380 e. The number of sulfonamides is 1. The van der Waals surface area contributed by atoms with Gasteiger partial charge in [-0.25, -0.2) is 13.2 Å². The molecule has 0 spiro atoms. The maximum Gasteiger partial charge on any atom is 0.319 e. The molecule has 3 atom stereocenters. The number of methoxy groups -OCH3 is 1. The first-order chi connectivity index (χ1) is 12.6. The number of hydrogen-bond acceptors (Lipinski definition) is 4. The Morgan fingerprint density at radius 3 is 2.41 bits per heavy atom. The van der Waals surface area contributed by atoms with Crippen LogP contribution in [0, 0.1) is 11.3 Å². The number of ether oxygens (including phenoxy) is 1. The van der Waals surface area contributed by atoms with E-state index in [0.29, 0.717) is 5.69 Å². The fourth-order valence-corrected chi connectivity index (χ4v) is 5.04. The highest BCUT2D eigenvalue weighted by Crippen LogP contribution is 2.46. The molecule has 1 saturated carbocycles. The topological polar surface area (TPSA) is 87.7 Å². The smallest absolute Gasteiger partial charge is 0.319 e. The minimum absolute atomic E-state index is 0.00495. The maximum absolute atomic E-state index is 12.4. The van der Waals surface area contributed by atoms with Crippen molar-refractivity contribution >= 4 is 21.7 Å². The van der Waals surface area contributed by atoms with E-state index in [2.05, 4.69) is 31.1 Å². The van der Waals surface area contributed by atoms with Gasteiger partial charge in [0.25, 0.3) is 0 Å². The monoisotopic (exact) mass is 395 g/mol. The van der Waals surface area contributed by atoms with Crippen molar-refractivity contribution in [2.75, 3.05) is 26.0 Å². The van der Waals surface area contributed by atoms with E-state index in [1.54, 1.807) is 19.2 Å². The summed E-state index contributed by atoms with van der Waals surface area (Å²) < 4.78 is 31.5. The van der Waals surface area contributed by atoms with Crippen molar-refractivity contribution < 1.29 is 17.9 Å². The standard InChI is InChI=1S/C19H29N3O4S/c1-7-12-22(5)27(24,25)15-10-8-14(9-11-15)20-18(23)21-16-13(2)17(26-6)19(16,3)4/h7-11,13,16-17H,1,12H2,2-6H3,(H2,20,21,23)/t13-,16+,17-/m0/s1. The molecule has 1 fully saturated rings. The highest BCUT2D eigenvalue weighted by Gasteiger charge is 2.55. The van der Waals surface area contributed by atoms with Crippen LogP contribution in [-0.4, -0.2) is 51.6 Å². The largest absolute Gasteiger partial charge is 0.380 e. The zero-order valence-electron chi connectivity index (χ0n) is 16.5. The van der Waals surface area contributed by atoms with Crippen LogP contribution in [0.15, 0.2) is 41.8 Å². The number of nitrogens with zero attached hydrogens (tertiary/aromatic N) is 1. The van der Waals surface area contributed by atoms with Gasteiger partial charge in [0, 0.05) is 43.8 Å².